The van der Waals surface area contributed by atoms with E-state index in [1.807, 2.05) is 18.2 Å². The summed E-state index contributed by atoms with van der Waals surface area (Å²) in [6.07, 6.45) is 0.682. The Kier molecular flexibility index (Phi) is 7.08. The van der Waals surface area contributed by atoms with E-state index < -0.39 is 0 Å². The van der Waals surface area contributed by atoms with Gasteiger partial charge in [0.15, 0.2) is 17.3 Å². The van der Waals surface area contributed by atoms with Crippen LogP contribution in [0.2, 0.25) is 0 Å². The molecule has 3 aromatic rings. The molecule has 3 N–H and O–H groups in total. The highest BCUT2D eigenvalue weighted by Crippen LogP contribution is 2.33. The lowest BCUT2D eigenvalue weighted by atomic mass is 10.1. The van der Waals surface area contributed by atoms with Crippen molar-refractivity contribution in [1.29, 1.82) is 0 Å². The van der Waals surface area contributed by atoms with E-state index in [-0.39, 0.29) is 11.7 Å². The number of methoxy groups -OCH3 is 2. The Labute approximate surface area is 195 Å². The number of hydrogen-bond donors (Lipinski definition) is 2. The van der Waals surface area contributed by atoms with Crippen molar-refractivity contribution in [3.63, 3.8) is 0 Å². The Bertz CT molecular complexity index is 1140. The number of nitrogens with zero attached hydrogens (tertiary/aromatic N) is 3. The quantitative estimate of drug-likeness (QED) is 0.356. The van der Waals surface area contributed by atoms with Gasteiger partial charge in [-0.25, -0.2) is 4.68 Å². The van der Waals surface area contributed by atoms with Crippen molar-refractivity contribution in [1.82, 2.24) is 20.2 Å². The van der Waals surface area contributed by atoms with Crippen LogP contribution in [0.25, 0.3) is 11.4 Å². The van der Waals surface area contributed by atoms with Crippen molar-refractivity contribution in [2.24, 2.45) is 0 Å². The fraction of sp³-hybridized carbons (Fsp3) is 0.318. The highest BCUT2D eigenvalue weighted by Gasteiger charge is 2.18. The summed E-state index contributed by atoms with van der Waals surface area (Å²) in [6, 6.07) is 11.1. The Morgan fingerprint density at radius 2 is 1.94 bits per heavy atom. The summed E-state index contributed by atoms with van der Waals surface area (Å²) in [7, 11) is 3.14. The predicted molar refractivity (Wildman–Crippen MR) is 124 cm³/mol. The van der Waals surface area contributed by atoms with E-state index in [0.717, 1.165) is 17.1 Å². The lowest BCUT2D eigenvalue weighted by Crippen LogP contribution is -2.27. The van der Waals surface area contributed by atoms with E-state index in [9.17, 15) is 4.79 Å². The molecule has 1 aliphatic rings. The average molecular weight is 472 g/mol. The molecule has 10 nitrogen and oxygen atoms in total. The van der Waals surface area contributed by atoms with Crippen LogP contribution in [0.1, 0.15) is 5.56 Å². The second kappa shape index (κ2) is 10.3. The van der Waals surface area contributed by atoms with Crippen molar-refractivity contribution < 1.29 is 23.7 Å². The molecule has 0 saturated heterocycles. The molecule has 33 heavy (non-hydrogen) atoms. The summed E-state index contributed by atoms with van der Waals surface area (Å²) in [5.41, 5.74) is 1.73. The van der Waals surface area contributed by atoms with Crippen LogP contribution < -0.4 is 30.1 Å². The summed E-state index contributed by atoms with van der Waals surface area (Å²) >= 11 is 1.21. The number of carbonyl (C=O) groups excluding carboxylic acids is 1. The van der Waals surface area contributed by atoms with Crippen LogP contribution in [0, 0.1) is 0 Å². The zero-order valence-electron chi connectivity index (χ0n) is 18.4. The third-order valence-corrected chi connectivity index (χ3v) is 5.93. The van der Waals surface area contributed by atoms with Gasteiger partial charge in [-0.15, -0.1) is 10.2 Å². The van der Waals surface area contributed by atoms with Crippen LogP contribution in [0.5, 0.6) is 23.0 Å². The zero-order chi connectivity index (χ0) is 23.2. The third kappa shape index (κ3) is 5.25. The topological polar surface area (TPSA) is 123 Å². The number of nitrogen functional groups attached to an aromatic ring is 1. The van der Waals surface area contributed by atoms with E-state index in [2.05, 4.69) is 15.5 Å². The monoisotopic (exact) mass is 471 g/mol. The van der Waals surface area contributed by atoms with E-state index in [1.165, 1.54) is 16.4 Å². The van der Waals surface area contributed by atoms with Gasteiger partial charge in [0.1, 0.15) is 24.7 Å². The minimum atomic E-state index is -0.121. The first-order valence-electron chi connectivity index (χ1n) is 10.3. The minimum Gasteiger partial charge on any atom is -0.497 e. The highest BCUT2D eigenvalue weighted by atomic mass is 32.2. The molecule has 1 aliphatic heterocycles. The molecule has 0 aliphatic carbocycles. The molecule has 11 heteroatoms. The van der Waals surface area contributed by atoms with Crippen molar-refractivity contribution in [2.75, 3.05) is 45.6 Å². The molecule has 0 unspecified atom stereocenters. The summed E-state index contributed by atoms with van der Waals surface area (Å²) in [4.78, 5) is 12.3. The van der Waals surface area contributed by atoms with Gasteiger partial charge in [-0.05, 0) is 36.2 Å². The van der Waals surface area contributed by atoms with Gasteiger partial charge in [0.05, 0.1) is 25.5 Å². The normalized spacial score (nSPS) is 12.3. The maximum absolute atomic E-state index is 12.3. The molecule has 4 rings (SSSR count). The molecule has 0 bridgehead atoms. The standard InChI is InChI=1S/C22H25N5O5S/c1-29-15-4-5-16(18(12-15)30-2)21-25-26-22(27(21)23)33-13-20(28)24-8-7-14-3-6-17-19(11-14)32-10-9-31-17/h3-6,11-12H,7-10,13,23H2,1-2H3,(H,24,28). The molecule has 0 spiro atoms. The van der Waals surface area contributed by atoms with Gasteiger partial charge in [-0.2, -0.15) is 0 Å². The van der Waals surface area contributed by atoms with Gasteiger partial charge in [0, 0.05) is 12.6 Å². The predicted octanol–water partition coefficient (Wildman–Crippen LogP) is 1.90. The number of fused-ring (bicyclic) bond motifs is 1. The smallest absolute Gasteiger partial charge is 0.230 e. The van der Waals surface area contributed by atoms with Gasteiger partial charge < -0.3 is 30.1 Å². The van der Waals surface area contributed by atoms with Crippen LogP contribution in [-0.4, -0.2) is 60.5 Å². The number of nitrogens with one attached hydrogen (secondary N) is 1. The van der Waals surface area contributed by atoms with Crippen LogP contribution in [0.4, 0.5) is 0 Å². The molecular weight excluding hydrogens is 446 g/mol. The highest BCUT2D eigenvalue weighted by molar-refractivity contribution is 7.99. The first-order valence-corrected chi connectivity index (χ1v) is 11.3. The fourth-order valence-corrected chi connectivity index (χ4v) is 4.00. The van der Waals surface area contributed by atoms with E-state index in [1.54, 1.807) is 32.4 Å². The van der Waals surface area contributed by atoms with E-state index in [4.69, 9.17) is 24.8 Å². The van der Waals surface area contributed by atoms with Crippen LogP contribution in [-0.2, 0) is 11.2 Å². The second-order valence-corrected chi connectivity index (χ2v) is 8.05. The SMILES string of the molecule is COc1ccc(-c2nnc(SCC(=O)NCCc3ccc4c(c3)OCCO4)n2N)c(OC)c1. The summed E-state index contributed by atoms with van der Waals surface area (Å²) < 4.78 is 23.1. The summed E-state index contributed by atoms with van der Waals surface area (Å²) in [5, 5.41) is 11.6. The van der Waals surface area contributed by atoms with E-state index >= 15 is 0 Å². The van der Waals surface area contributed by atoms with Crippen molar-refractivity contribution in [3.05, 3.63) is 42.0 Å². The number of carbonyl (C=O) groups is 1. The van der Waals surface area contributed by atoms with Crippen LogP contribution >= 0.6 is 11.8 Å². The molecule has 2 aromatic carbocycles. The number of nitrogens with two attached hydrogens (primary N) is 1. The molecule has 0 atom stereocenters. The molecule has 0 radical (unpaired) electrons. The summed E-state index contributed by atoms with van der Waals surface area (Å²) in [6.45, 7) is 1.61. The number of benzene rings is 2. The van der Waals surface area contributed by atoms with Gasteiger partial charge in [-0.3, -0.25) is 4.79 Å². The third-order valence-electron chi connectivity index (χ3n) is 4.99. The maximum Gasteiger partial charge on any atom is 0.230 e. The zero-order valence-corrected chi connectivity index (χ0v) is 19.2. The summed E-state index contributed by atoms with van der Waals surface area (Å²) in [5.74, 6) is 9.35. The largest absolute Gasteiger partial charge is 0.497 e. The first-order chi connectivity index (χ1) is 16.1. The lowest BCUT2D eigenvalue weighted by Gasteiger charge is -2.18. The Morgan fingerprint density at radius 3 is 2.73 bits per heavy atom. The van der Waals surface area contributed by atoms with Gasteiger partial charge in [-0.1, -0.05) is 17.8 Å². The number of hydrogen-bond acceptors (Lipinski definition) is 9. The number of amides is 1. The minimum absolute atomic E-state index is 0.121. The van der Waals surface area contributed by atoms with E-state index in [0.29, 0.717) is 54.2 Å². The van der Waals surface area contributed by atoms with Crippen molar-refractivity contribution >= 4 is 17.7 Å². The molecule has 1 aromatic heterocycles. The number of ether oxygens (including phenoxy) is 4. The van der Waals surface area contributed by atoms with Crippen LogP contribution in [0.15, 0.2) is 41.6 Å². The average Bonchev–Trinajstić information content (AvgIpc) is 3.22. The van der Waals surface area contributed by atoms with Crippen LogP contribution in [0.3, 0.4) is 0 Å². The van der Waals surface area contributed by atoms with Gasteiger partial charge in [0.25, 0.3) is 0 Å². The molecule has 0 saturated carbocycles. The Balaban J connectivity index is 1.30. The number of rotatable bonds is 9. The molecule has 2 heterocycles. The molecule has 0 fully saturated rings. The molecular formula is C22H25N5O5S. The van der Waals surface area contributed by atoms with Crippen molar-refractivity contribution in [2.45, 2.75) is 11.6 Å². The first kappa shape index (κ1) is 22.6. The Hall–Kier alpha value is -3.60. The maximum atomic E-state index is 12.3. The van der Waals surface area contributed by atoms with Gasteiger partial charge >= 0.3 is 0 Å². The Morgan fingerprint density at radius 1 is 1.12 bits per heavy atom. The second-order valence-electron chi connectivity index (χ2n) is 7.11. The number of aromatic nitrogens is 3. The van der Waals surface area contributed by atoms with Crippen molar-refractivity contribution in [3.8, 4) is 34.4 Å². The molecule has 174 valence electrons. The van der Waals surface area contributed by atoms with Gasteiger partial charge in [0.2, 0.25) is 11.1 Å². The molecule has 1 amide bonds. The number of thioether (sulfide) groups is 1. The lowest BCUT2D eigenvalue weighted by molar-refractivity contribution is -0.118. The fourth-order valence-electron chi connectivity index (χ4n) is 3.31.